The standard InChI is InChI=1S/C19H11N3O4S/c23-18-15(9-13-5-1-2-7-17(13)26-18)16-11-27-19(21-16)20-10-12-4-3-6-14(8-12)22(24)25/h1-11H/b20-10+. The Kier molecular flexibility index (Phi) is 4.31. The number of fused-ring (bicyclic) bond motifs is 1. The van der Waals surface area contributed by atoms with Crippen LogP contribution in [0.5, 0.6) is 0 Å². The molecule has 4 rings (SSSR count). The highest BCUT2D eigenvalue weighted by atomic mass is 32.1. The Morgan fingerprint density at radius 1 is 1.15 bits per heavy atom. The first-order valence-electron chi connectivity index (χ1n) is 7.87. The van der Waals surface area contributed by atoms with Crippen molar-refractivity contribution in [1.82, 2.24) is 4.98 Å². The van der Waals surface area contributed by atoms with Crippen LogP contribution >= 0.6 is 11.3 Å². The average Bonchev–Trinajstić information content (AvgIpc) is 3.15. The van der Waals surface area contributed by atoms with Crippen LogP contribution in [-0.4, -0.2) is 16.1 Å². The summed E-state index contributed by atoms with van der Waals surface area (Å²) in [7, 11) is 0. The van der Waals surface area contributed by atoms with E-state index in [4.69, 9.17) is 4.42 Å². The zero-order valence-corrected chi connectivity index (χ0v) is 14.6. The lowest BCUT2D eigenvalue weighted by Crippen LogP contribution is -2.02. The Hall–Kier alpha value is -3.65. The lowest BCUT2D eigenvalue weighted by atomic mass is 10.1. The van der Waals surface area contributed by atoms with Gasteiger partial charge in [-0.25, -0.2) is 14.8 Å². The first-order chi connectivity index (χ1) is 13.1. The number of nitro benzene ring substituents is 1. The molecule has 0 amide bonds. The number of aromatic nitrogens is 1. The van der Waals surface area contributed by atoms with Crippen LogP contribution in [0.3, 0.4) is 0 Å². The molecule has 0 saturated heterocycles. The van der Waals surface area contributed by atoms with E-state index in [2.05, 4.69) is 9.98 Å². The van der Waals surface area contributed by atoms with Gasteiger partial charge in [-0.3, -0.25) is 10.1 Å². The van der Waals surface area contributed by atoms with Gasteiger partial charge in [0, 0.05) is 29.1 Å². The van der Waals surface area contributed by atoms with Crippen LogP contribution in [0, 0.1) is 10.1 Å². The molecule has 0 bridgehead atoms. The van der Waals surface area contributed by atoms with E-state index in [1.54, 1.807) is 35.7 Å². The van der Waals surface area contributed by atoms with Crippen molar-refractivity contribution in [2.24, 2.45) is 4.99 Å². The van der Waals surface area contributed by atoms with Gasteiger partial charge in [-0.2, -0.15) is 0 Å². The van der Waals surface area contributed by atoms with Crippen molar-refractivity contribution in [1.29, 1.82) is 0 Å². The minimum atomic E-state index is -0.465. The number of benzene rings is 2. The van der Waals surface area contributed by atoms with Gasteiger partial charge < -0.3 is 4.42 Å². The van der Waals surface area contributed by atoms with E-state index in [1.165, 1.54) is 29.7 Å². The Morgan fingerprint density at radius 3 is 2.85 bits per heavy atom. The highest BCUT2D eigenvalue weighted by Crippen LogP contribution is 2.27. The third kappa shape index (κ3) is 3.51. The second-order valence-electron chi connectivity index (χ2n) is 5.61. The number of para-hydroxylation sites is 1. The Morgan fingerprint density at radius 2 is 2.00 bits per heavy atom. The molecule has 0 radical (unpaired) electrons. The molecule has 2 aromatic carbocycles. The predicted octanol–water partition coefficient (Wildman–Crippen LogP) is 4.58. The molecule has 27 heavy (non-hydrogen) atoms. The number of nitro groups is 1. The summed E-state index contributed by atoms with van der Waals surface area (Å²) in [6.07, 6.45) is 1.50. The summed E-state index contributed by atoms with van der Waals surface area (Å²) in [5, 5.41) is 13.8. The fraction of sp³-hybridized carbons (Fsp3) is 0. The molecule has 0 atom stereocenters. The fourth-order valence-corrected chi connectivity index (χ4v) is 3.20. The second kappa shape index (κ2) is 6.93. The molecule has 0 N–H and O–H groups in total. The van der Waals surface area contributed by atoms with Crippen molar-refractivity contribution in [3.8, 4) is 11.3 Å². The summed E-state index contributed by atoms with van der Waals surface area (Å²) >= 11 is 1.26. The van der Waals surface area contributed by atoms with E-state index in [1.807, 2.05) is 12.1 Å². The average molecular weight is 377 g/mol. The lowest BCUT2D eigenvalue weighted by Gasteiger charge is -1.98. The molecule has 2 aromatic heterocycles. The van der Waals surface area contributed by atoms with E-state index in [-0.39, 0.29) is 5.69 Å². The zero-order chi connectivity index (χ0) is 18.8. The van der Waals surface area contributed by atoms with Crippen LogP contribution in [0.25, 0.3) is 22.2 Å². The summed E-state index contributed by atoms with van der Waals surface area (Å²) in [6, 6.07) is 15.1. The maximum absolute atomic E-state index is 12.2. The molecule has 0 fully saturated rings. The van der Waals surface area contributed by atoms with Crippen molar-refractivity contribution < 1.29 is 9.34 Å². The lowest BCUT2D eigenvalue weighted by molar-refractivity contribution is -0.384. The number of non-ortho nitro benzene ring substituents is 1. The summed E-state index contributed by atoms with van der Waals surface area (Å²) in [6.45, 7) is 0. The van der Waals surface area contributed by atoms with Crippen molar-refractivity contribution in [3.05, 3.63) is 86.1 Å². The maximum Gasteiger partial charge on any atom is 0.345 e. The van der Waals surface area contributed by atoms with Gasteiger partial charge in [0.15, 0.2) is 0 Å². The van der Waals surface area contributed by atoms with Crippen LogP contribution in [-0.2, 0) is 0 Å². The fourth-order valence-electron chi connectivity index (χ4n) is 2.54. The quantitative estimate of drug-likeness (QED) is 0.224. The third-order valence-electron chi connectivity index (χ3n) is 3.81. The third-order valence-corrected chi connectivity index (χ3v) is 4.56. The van der Waals surface area contributed by atoms with Gasteiger partial charge in [-0.05, 0) is 17.7 Å². The van der Waals surface area contributed by atoms with E-state index >= 15 is 0 Å². The number of aliphatic imine (C=N–C) groups is 1. The summed E-state index contributed by atoms with van der Waals surface area (Å²) in [4.78, 5) is 31.2. The second-order valence-corrected chi connectivity index (χ2v) is 6.45. The minimum Gasteiger partial charge on any atom is -0.422 e. The van der Waals surface area contributed by atoms with E-state index < -0.39 is 10.5 Å². The molecule has 8 heteroatoms. The molecule has 0 unspecified atom stereocenters. The van der Waals surface area contributed by atoms with E-state index in [0.29, 0.717) is 27.5 Å². The topological polar surface area (TPSA) is 98.6 Å². The number of hydrogen-bond acceptors (Lipinski definition) is 7. The van der Waals surface area contributed by atoms with E-state index in [9.17, 15) is 14.9 Å². The molecule has 0 aliphatic carbocycles. The molecular formula is C19H11N3O4S. The Balaban J connectivity index is 1.64. The molecule has 0 saturated carbocycles. The SMILES string of the molecule is O=c1oc2ccccc2cc1-c1csc(/N=C/c2cccc([N+](=O)[O-])c2)n1. The number of nitrogens with zero attached hydrogens (tertiary/aromatic N) is 3. The highest BCUT2D eigenvalue weighted by molar-refractivity contribution is 7.13. The highest BCUT2D eigenvalue weighted by Gasteiger charge is 2.11. The van der Waals surface area contributed by atoms with Crippen molar-refractivity contribution in [2.75, 3.05) is 0 Å². The van der Waals surface area contributed by atoms with Crippen molar-refractivity contribution in [3.63, 3.8) is 0 Å². The number of thiazole rings is 1. The molecule has 0 spiro atoms. The summed E-state index contributed by atoms with van der Waals surface area (Å²) in [5.74, 6) is 0. The van der Waals surface area contributed by atoms with Crippen molar-refractivity contribution >= 4 is 39.3 Å². The first-order valence-corrected chi connectivity index (χ1v) is 8.75. The molecule has 7 nitrogen and oxygen atoms in total. The molecular weight excluding hydrogens is 366 g/mol. The van der Waals surface area contributed by atoms with Gasteiger partial charge in [0.25, 0.3) is 5.69 Å². The maximum atomic E-state index is 12.2. The monoisotopic (exact) mass is 377 g/mol. The summed E-state index contributed by atoms with van der Waals surface area (Å²) < 4.78 is 5.33. The van der Waals surface area contributed by atoms with Gasteiger partial charge in [0.05, 0.1) is 16.2 Å². The normalized spacial score (nSPS) is 11.3. The largest absolute Gasteiger partial charge is 0.422 e. The van der Waals surface area contributed by atoms with E-state index in [0.717, 1.165) is 5.39 Å². The van der Waals surface area contributed by atoms with Crippen LogP contribution in [0.4, 0.5) is 10.8 Å². The summed E-state index contributed by atoms with van der Waals surface area (Å²) in [5.41, 5.74) is 1.48. The Bertz CT molecular complexity index is 1240. The number of hydrogen-bond donors (Lipinski definition) is 0. The van der Waals surface area contributed by atoms with Gasteiger partial charge in [-0.1, -0.05) is 30.3 Å². The van der Waals surface area contributed by atoms with Crippen LogP contribution < -0.4 is 5.63 Å². The van der Waals surface area contributed by atoms with Crippen LogP contribution in [0.2, 0.25) is 0 Å². The molecule has 2 heterocycles. The molecule has 4 aromatic rings. The Labute approximate surface area is 156 Å². The molecule has 132 valence electrons. The van der Waals surface area contributed by atoms with Crippen molar-refractivity contribution in [2.45, 2.75) is 0 Å². The van der Waals surface area contributed by atoms with Gasteiger partial charge in [0.1, 0.15) is 5.58 Å². The van der Waals surface area contributed by atoms with Crippen LogP contribution in [0.1, 0.15) is 5.56 Å². The number of rotatable bonds is 4. The molecule has 0 aliphatic rings. The predicted molar refractivity (Wildman–Crippen MR) is 104 cm³/mol. The molecule has 0 aliphatic heterocycles. The minimum absolute atomic E-state index is 0.00690. The smallest absolute Gasteiger partial charge is 0.345 e. The van der Waals surface area contributed by atoms with Gasteiger partial charge in [0.2, 0.25) is 5.13 Å². The van der Waals surface area contributed by atoms with Crippen LogP contribution in [0.15, 0.2) is 74.2 Å². The zero-order valence-electron chi connectivity index (χ0n) is 13.7. The van der Waals surface area contributed by atoms with Gasteiger partial charge >= 0.3 is 5.63 Å². The first kappa shape index (κ1) is 16.8. The van der Waals surface area contributed by atoms with Gasteiger partial charge in [-0.15, -0.1) is 11.3 Å².